The number of methoxy groups -OCH3 is 1. The molecule has 0 atom stereocenters. The Morgan fingerprint density at radius 2 is 2.22 bits per heavy atom. The molecule has 0 spiro atoms. The molecule has 1 aliphatic rings. The van der Waals surface area contributed by atoms with Crippen LogP contribution >= 0.6 is 11.3 Å². The highest BCUT2D eigenvalue weighted by Gasteiger charge is 2.23. The molecule has 6 heteroatoms. The third-order valence-electron chi connectivity index (χ3n) is 2.92. The molecule has 1 aromatic heterocycles. The SMILES string of the molecule is CCc1nc(COC)c(C(=O)N2CCNCC2)s1. The second kappa shape index (κ2) is 6.26. The van der Waals surface area contributed by atoms with Crippen LogP contribution in [0.1, 0.15) is 27.3 Å². The van der Waals surface area contributed by atoms with Crippen molar-refractivity contribution < 1.29 is 9.53 Å². The quantitative estimate of drug-likeness (QED) is 0.882. The molecule has 5 nitrogen and oxygen atoms in total. The molecule has 1 saturated heterocycles. The van der Waals surface area contributed by atoms with Crippen LogP contribution in [-0.2, 0) is 17.8 Å². The Balaban J connectivity index is 2.19. The number of nitrogens with one attached hydrogen (secondary N) is 1. The van der Waals surface area contributed by atoms with Crippen LogP contribution in [0, 0.1) is 0 Å². The molecule has 1 aromatic rings. The van der Waals surface area contributed by atoms with Crippen molar-refractivity contribution in [2.45, 2.75) is 20.0 Å². The van der Waals surface area contributed by atoms with Crippen molar-refractivity contribution in [3.63, 3.8) is 0 Å². The molecule has 100 valence electrons. The maximum atomic E-state index is 12.4. The Kier molecular flexibility index (Phi) is 4.68. The van der Waals surface area contributed by atoms with Gasteiger partial charge in [-0.3, -0.25) is 4.79 Å². The summed E-state index contributed by atoms with van der Waals surface area (Å²) < 4.78 is 5.12. The average molecular weight is 269 g/mol. The lowest BCUT2D eigenvalue weighted by Gasteiger charge is -2.27. The number of hydrogen-bond donors (Lipinski definition) is 1. The predicted molar refractivity (Wildman–Crippen MR) is 71.0 cm³/mol. The molecule has 1 fully saturated rings. The number of ether oxygens (including phenoxy) is 1. The minimum Gasteiger partial charge on any atom is -0.378 e. The second-order valence-electron chi connectivity index (χ2n) is 4.21. The summed E-state index contributed by atoms with van der Waals surface area (Å²) in [6.07, 6.45) is 0.857. The van der Waals surface area contributed by atoms with E-state index < -0.39 is 0 Å². The van der Waals surface area contributed by atoms with Gasteiger partial charge >= 0.3 is 0 Å². The van der Waals surface area contributed by atoms with Crippen LogP contribution in [0.5, 0.6) is 0 Å². The van der Waals surface area contributed by atoms with E-state index in [1.165, 1.54) is 11.3 Å². The van der Waals surface area contributed by atoms with Crippen molar-refractivity contribution in [1.82, 2.24) is 15.2 Å². The molecule has 1 amide bonds. The molecule has 0 radical (unpaired) electrons. The lowest BCUT2D eigenvalue weighted by atomic mass is 10.3. The molecule has 0 aliphatic carbocycles. The van der Waals surface area contributed by atoms with E-state index in [2.05, 4.69) is 17.2 Å². The summed E-state index contributed by atoms with van der Waals surface area (Å²) in [5.41, 5.74) is 0.780. The van der Waals surface area contributed by atoms with E-state index in [0.717, 1.165) is 48.2 Å². The van der Waals surface area contributed by atoms with Crippen molar-refractivity contribution in [3.05, 3.63) is 15.6 Å². The van der Waals surface area contributed by atoms with Gasteiger partial charge in [-0.25, -0.2) is 4.98 Å². The number of aromatic nitrogens is 1. The van der Waals surface area contributed by atoms with Crippen LogP contribution < -0.4 is 5.32 Å². The summed E-state index contributed by atoms with van der Waals surface area (Å²) in [4.78, 5) is 19.5. The molecule has 18 heavy (non-hydrogen) atoms. The van der Waals surface area contributed by atoms with E-state index in [1.807, 2.05) is 4.90 Å². The van der Waals surface area contributed by atoms with Gasteiger partial charge in [-0.05, 0) is 6.42 Å². The summed E-state index contributed by atoms with van der Waals surface area (Å²) in [7, 11) is 1.63. The topological polar surface area (TPSA) is 54.5 Å². The molecule has 1 aliphatic heterocycles. The fourth-order valence-corrected chi connectivity index (χ4v) is 2.94. The van der Waals surface area contributed by atoms with Crippen LogP contribution in [0.2, 0.25) is 0 Å². The van der Waals surface area contributed by atoms with Gasteiger partial charge in [0.2, 0.25) is 0 Å². The Bertz CT molecular complexity index is 413. The van der Waals surface area contributed by atoms with Crippen molar-refractivity contribution in [3.8, 4) is 0 Å². The van der Waals surface area contributed by atoms with Gasteiger partial charge < -0.3 is 15.0 Å². The van der Waals surface area contributed by atoms with Gasteiger partial charge in [0, 0.05) is 33.3 Å². The summed E-state index contributed by atoms with van der Waals surface area (Å²) in [5.74, 6) is 0.0979. The first-order valence-corrected chi connectivity index (χ1v) is 7.05. The summed E-state index contributed by atoms with van der Waals surface area (Å²) >= 11 is 1.50. The van der Waals surface area contributed by atoms with E-state index >= 15 is 0 Å². The van der Waals surface area contributed by atoms with Crippen molar-refractivity contribution in [1.29, 1.82) is 0 Å². The van der Waals surface area contributed by atoms with Crippen LogP contribution in [0.15, 0.2) is 0 Å². The number of amides is 1. The van der Waals surface area contributed by atoms with Gasteiger partial charge in [0.1, 0.15) is 4.88 Å². The second-order valence-corrected chi connectivity index (χ2v) is 5.30. The van der Waals surface area contributed by atoms with E-state index in [9.17, 15) is 4.79 Å². The first-order valence-electron chi connectivity index (χ1n) is 6.23. The Morgan fingerprint density at radius 3 is 2.83 bits per heavy atom. The van der Waals surface area contributed by atoms with E-state index in [0.29, 0.717) is 6.61 Å². The third kappa shape index (κ3) is 2.88. The number of hydrogen-bond acceptors (Lipinski definition) is 5. The summed E-state index contributed by atoms with van der Waals surface area (Å²) in [6, 6.07) is 0. The Hall–Kier alpha value is -0.980. The smallest absolute Gasteiger partial charge is 0.266 e. The maximum Gasteiger partial charge on any atom is 0.266 e. The maximum absolute atomic E-state index is 12.4. The fourth-order valence-electron chi connectivity index (χ4n) is 1.97. The number of carbonyl (C=O) groups excluding carboxylic acids is 1. The third-order valence-corrected chi connectivity index (χ3v) is 4.15. The standard InChI is InChI=1S/C12H19N3O2S/c1-3-10-14-9(8-17-2)11(18-10)12(16)15-6-4-13-5-7-15/h13H,3-8H2,1-2H3. The van der Waals surface area contributed by atoms with Gasteiger partial charge in [-0.1, -0.05) is 6.92 Å². The number of aryl methyl sites for hydroxylation is 1. The highest BCUT2D eigenvalue weighted by Crippen LogP contribution is 2.22. The minimum absolute atomic E-state index is 0.0979. The van der Waals surface area contributed by atoms with Gasteiger partial charge in [-0.15, -0.1) is 11.3 Å². The number of piperazine rings is 1. The molecule has 0 unspecified atom stereocenters. The first-order chi connectivity index (χ1) is 8.76. The van der Waals surface area contributed by atoms with Crippen LogP contribution in [0.4, 0.5) is 0 Å². The molecule has 2 heterocycles. The van der Waals surface area contributed by atoms with Crippen LogP contribution in [0.3, 0.4) is 0 Å². The average Bonchev–Trinajstić information content (AvgIpc) is 2.82. The van der Waals surface area contributed by atoms with Gasteiger partial charge in [0.05, 0.1) is 17.3 Å². The van der Waals surface area contributed by atoms with Crippen LogP contribution in [0.25, 0.3) is 0 Å². The van der Waals surface area contributed by atoms with Crippen molar-refractivity contribution in [2.75, 3.05) is 33.3 Å². The highest BCUT2D eigenvalue weighted by molar-refractivity contribution is 7.13. The Morgan fingerprint density at radius 1 is 1.50 bits per heavy atom. The summed E-state index contributed by atoms with van der Waals surface area (Å²) in [6.45, 7) is 5.73. The normalized spacial score (nSPS) is 16.0. The zero-order valence-corrected chi connectivity index (χ0v) is 11.7. The molecule has 0 bridgehead atoms. The molecule has 1 N–H and O–H groups in total. The molecular formula is C12H19N3O2S. The number of nitrogens with zero attached hydrogens (tertiary/aromatic N) is 2. The lowest BCUT2D eigenvalue weighted by Crippen LogP contribution is -2.46. The van der Waals surface area contributed by atoms with E-state index in [1.54, 1.807) is 7.11 Å². The van der Waals surface area contributed by atoms with Crippen molar-refractivity contribution in [2.24, 2.45) is 0 Å². The van der Waals surface area contributed by atoms with Crippen LogP contribution in [-0.4, -0.2) is 49.1 Å². The van der Waals surface area contributed by atoms with Gasteiger partial charge in [0.25, 0.3) is 5.91 Å². The largest absolute Gasteiger partial charge is 0.378 e. The van der Waals surface area contributed by atoms with E-state index in [4.69, 9.17) is 4.74 Å². The molecule has 0 saturated carbocycles. The summed E-state index contributed by atoms with van der Waals surface area (Å²) in [5, 5.41) is 4.25. The van der Waals surface area contributed by atoms with E-state index in [-0.39, 0.29) is 5.91 Å². The van der Waals surface area contributed by atoms with Crippen molar-refractivity contribution >= 4 is 17.2 Å². The Labute approximate surface area is 111 Å². The lowest BCUT2D eigenvalue weighted by molar-refractivity contribution is 0.0735. The monoisotopic (exact) mass is 269 g/mol. The fraction of sp³-hybridized carbons (Fsp3) is 0.667. The number of thiazole rings is 1. The highest BCUT2D eigenvalue weighted by atomic mass is 32.1. The van der Waals surface area contributed by atoms with Gasteiger partial charge in [0.15, 0.2) is 0 Å². The molecule has 0 aromatic carbocycles. The minimum atomic E-state index is 0.0979. The number of rotatable bonds is 4. The predicted octanol–water partition coefficient (Wildman–Crippen LogP) is 0.897. The van der Waals surface area contributed by atoms with Gasteiger partial charge in [-0.2, -0.15) is 0 Å². The molecular weight excluding hydrogens is 250 g/mol. The zero-order chi connectivity index (χ0) is 13.0. The zero-order valence-electron chi connectivity index (χ0n) is 10.9. The number of carbonyl (C=O) groups is 1. The molecule has 2 rings (SSSR count). The first kappa shape index (κ1) is 13.5.